The van der Waals surface area contributed by atoms with Gasteiger partial charge in [-0.05, 0) is 43.2 Å². The largest absolute Gasteiger partial charge is 0.454 e. The van der Waals surface area contributed by atoms with E-state index in [4.69, 9.17) is 4.74 Å². The van der Waals surface area contributed by atoms with Crippen LogP contribution in [-0.2, 0) is 6.42 Å². The van der Waals surface area contributed by atoms with E-state index in [-0.39, 0.29) is 5.82 Å². The highest BCUT2D eigenvalue weighted by Crippen LogP contribution is 2.26. The molecule has 0 amide bonds. The summed E-state index contributed by atoms with van der Waals surface area (Å²) in [5.74, 6) is 0.632. The van der Waals surface area contributed by atoms with Gasteiger partial charge in [0.1, 0.15) is 5.75 Å². The Balaban J connectivity index is 1.62. The summed E-state index contributed by atoms with van der Waals surface area (Å²) in [6.07, 6.45) is 2.04. The minimum Gasteiger partial charge on any atom is -0.454 e. The predicted molar refractivity (Wildman–Crippen MR) is 114 cm³/mol. The van der Waals surface area contributed by atoms with Gasteiger partial charge in [-0.3, -0.25) is 0 Å². The Morgan fingerprint density at radius 2 is 1.59 bits per heavy atom. The van der Waals surface area contributed by atoms with Crippen LogP contribution < -0.4 is 9.92 Å². The molecule has 0 saturated heterocycles. The van der Waals surface area contributed by atoms with Crippen molar-refractivity contribution in [3.8, 4) is 11.5 Å². The molecule has 0 saturated carbocycles. The molecule has 0 atom stereocenters. The van der Waals surface area contributed by atoms with Crippen LogP contribution >= 0.6 is 0 Å². The molecule has 3 heteroatoms. The average molecular weight is 379 g/mol. The molecule has 0 radical (unpaired) electrons. The Morgan fingerprint density at radius 3 is 2.30 bits per heavy atom. The number of rotatable bonds is 7. The quantitative estimate of drug-likeness (QED) is 0.428. The monoisotopic (exact) mass is 378 g/mol. The van der Waals surface area contributed by atoms with Gasteiger partial charge in [0.15, 0.2) is 11.6 Å². The van der Waals surface area contributed by atoms with Crippen molar-refractivity contribution in [3.63, 3.8) is 0 Å². The summed E-state index contributed by atoms with van der Waals surface area (Å²) in [6.45, 7) is 6.97. The van der Waals surface area contributed by atoms with Gasteiger partial charge in [0.05, 0.1) is 8.07 Å². The van der Waals surface area contributed by atoms with Crippen LogP contribution in [0.5, 0.6) is 11.5 Å². The van der Waals surface area contributed by atoms with Crippen molar-refractivity contribution >= 4 is 13.3 Å². The van der Waals surface area contributed by atoms with Gasteiger partial charge in [-0.2, -0.15) is 0 Å². The molecule has 0 spiro atoms. The van der Waals surface area contributed by atoms with Gasteiger partial charge in [0.2, 0.25) is 0 Å². The number of benzene rings is 3. The molecule has 0 N–H and O–H groups in total. The van der Waals surface area contributed by atoms with Crippen LogP contribution in [-0.4, -0.2) is 8.07 Å². The van der Waals surface area contributed by atoms with E-state index in [0.29, 0.717) is 11.5 Å². The molecule has 0 unspecified atom stereocenters. The Hall–Kier alpha value is -2.39. The van der Waals surface area contributed by atoms with Gasteiger partial charge in [-0.25, -0.2) is 4.39 Å². The molecule has 0 aromatic heterocycles. The molecule has 0 heterocycles. The zero-order chi connectivity index (χ0) is 19.3. The van der Waals surface area contributed by atoms with E-state index in [1.165, 1.54) is 22.9 Å². The van der Waals surface area contributed by atoms with Crippen LogP contribution in [0.4, 0.5) is 4.39 Å². The van der Waals surface area contributed by atoms with E-state index in [9.17, 15) is 4.39 Å². The molecule has 140 valence electrons. The van der Waals surface area contributed by atoms with Gasteiger partial charge in [0, 0.05) is 0 Å². The topological polar surface area (TPSA) is 9.23 Å². The SMILES string of the molecule is Cc1ccc([Si](C)(C)CCCc2ccc(F)c(Oc3ccccc3)c2)cc1. The standard InChI is InChI=1S/C24H27FOSi/c1-19-11-14-22(15-12-19)27(2,3)17-7-8-20-13-16-23(25)24(18-20)26-21-9-5-4-6-10-21/h4-6,9-16,18H,7-8,17H2,1-3H3. The molecule has 0 bridgehead atoms. The molecular formula is C24H27FOSi. The first-order valence-electron chi connectivity index (χ1n) is 9.52. The van der Waals surface area contributed by atoms with Crippen LogP contribution in [0.1, 0.15) is 17.5 Å². The minimum atomic E-state index is -1.45. The van der Waals surface area contributed by atoms with Gasteiger partial charge >= 0.3 is 0 Å². The first-order chi connectivity index (χ1) is 12.9. The summed E-state index contributed by atoms with van der Waals surface area (Å²) in [4.78, 5) is 0. The maximum Gasteiger partial charge on any atom is 0.165 e. The summed E-state index contributed by atoms with van der Waals surface area (Å²) in [6, 6.07) is 24.8. The zero-order valence-electron chi connectivity index (χ0n) is 16.3. The number of ether oxygens (including phenoxy) is 1. The van der Waals surface area contributed by atoms with Gasteiger partial charge in [-0.15, -0.1) is 0 Å². The lowest BCUT2D eigenvalue weighted by molar-refractivity contribution is 0.441. The number of halogens is 1. The molecule has 0 aliphatic rings. The van der Waals surface area contributed by atoms with E-state index in [1.807, 2.05) is 42.5 Å². The van der Waals surface area contributed by atoms with Crippen molar-refractivity contribution in [2.75, 3.05) is 0 Å². The molecule has 3 aromatic carbocycles. The fourth-order valence-electron chi connectivity index (χ4n) is 3.28. The second kappa shape index (κ2) is 8.53. The van der Waals surface area contributed by atoms with Crippen LogP contribution in [0, 0.1) is 12.7 Å². The van der Waals surface area contributed by atoms with E-state index in [0.717, 1.165) is 18.4 Å². The highest BCUT2D eigenvalue weighted by atomic mass is 28.3. The molecular weight excluding hydrogens is 351 g/mol. The molecule has 3 aromatic rings. The van der Waals surface area contributed by atoms with Crippen molar-refractivity contribution in [2.45, 2.75) is 38.9 Å². The third kappa shape index (κ3) is 5.30. The lowest BCUT2D eigenvalue weighted by Crippen LogP contribution is -2.41. The fraction of sp³-hybridized carbons (Fsp3) is 0.250. The number of hydrogen-bond donors (Lipinski definition) is 0. The maximum atomic E-state index is 14.1. The summed E-state index contributed by atoms with van der Waals surface area (Å²) < 4.78 is 19.8. The predicted octanol–water partition coefficient (Wildman–Crippen LogP) is 6.47. The van der Waals surface area contributed by atoms with Crippen molar-refractivity contribution in [2.24, 2.45) is 0 Å². The Bertz CT molecular complexity index is 873. The molecule has 0 aliphatic heterocycles. The van der Waals surface area contributed by atoms with Crippen LogP contribution in [0.3, 0.4) is 0 Å². The molecule has 3 rings (SSSR count). The van der Waals surface area contributed by atoms with Crippen LogP contribution in [0.25, 0.3) is 0 Å². The average Bonchev–Trinajstić information content (AvgIpc) is 2.65. The Kier molecular flexibility index (Phi) is 6.12. The van der Waals surface area contributed by atoms with E-state index < -0.39 is 8.07 Å². The Labute approximate surface area is 162 Å². The number of para-hydroxylation sites is 1. The van der Waals surface area contributed by atoms with E-state index in [2.05, 4.69) is 44.3 Å². The van der Waals surface area contributed by atoms with Crippen molar-refractivity contribution in [1.29, 1.82) is 0 Å². The van der Waals surface area contributed by atoms with Crippen LogP contribution in [0.15, 0.2) is 72.8 Å². The lowest BCUT2D eigenvalue weighted by Gasteiger charge is -2.23. The van der Waals surface area contributed by atoms with Gasteiger partial charge in [-0.1, -0.05) is 84.8 Å². The zero-order valence-corrected chi connectivity index (χ0v) is 17.3. The van der Waals surface area contributed by atoms with Gasteiger partial charge in [0.25, 0.3) is 0 Å². The second-order valence-electron chi connectivity index (χ2n) is 7.78. The highest BCUT2D eigenvalue weighted by Gasteiger charge is 2.22. The minimum absolute atomic E-state index is 0.300. The number of aryl methyl sites for hydroxylation is 2. The maximum absolute atomic E-state index is 14.1. The third-order valence-electron chi connectivity index (χ3n) is 5.07. The number of hydrogen-bond acceptors (Lipinski definition) is 1. The smallest absolute Gasteiger partial charge is 0.165 e. The first kappa shape index (κ1) is 19.4. The molecule has 0 aliphatic carbocycles. The molecule has 27 heavy (non-hydrogen) atoms. The first-order valence-corrected chi connectivity index (χ1v) is 12.7. The summed E-state index contributed by atoms with van der Waals surface area (Å²) in [7, 11) is -1.45. The van der Waals surface area contributed by atoms with Crippen molar-refractivity contribution < 1.29 is 9.13 Å². The highest BCUT2D eigenvalue weighted by molar-refractivity contribution is 6.89. The summed E-state index contributed by atoms with van der Waals surface area (Å²) in [5, 5.41) is 1.50. The molecule has 0 fully saturated rings. The van der Waals surface area contributed by atoms with Crippen molar-refractivity contribution in [3.05, 3.63) is 89.7 Å². The third-order valence-corrected chi connectivity index (χ3v) is 8.57. The normalized spacial score (nSPS) is 11.4. The fourth-order valence-corrected chi connectivity index (χ4v) is 5.70. The van der Waals surface area contributed by atoms with E-state index in [1.54, 1.807) is 0 Å². The van der Waals surface area contributed by atoms with E-state index >= 15 is 0 Å². The van der Waals surface area contributed by atoms with Crippen LogP contribution in [0.2, 0.25) is 19.1 Å². The van der Waals surface area contributed by atoms with Gasteiger partial charge < -0.3 is 4.74 Å². The lowest BCUT2D eigenvalue weighted by atomic mass is 10.1. The van der Waals surface area contributed by atoms with Crippen molar-refractivity contribution in [1.82, 2.24) is 0 Å². The summed E-state index contributed by atoms with van der Waals surface area (Å²) in [5.41, 5.74) is 2.43. The molecule has 1 nitrogen and oxygen atoms in total. The summed E-state index contributed by atoms with van der Waals surface area (Å²) >= 11 is 0. The Morgan fingerprint density at radius 1 is 0.889 bits per heavy atom. The second-order valence-corrected chi connectivity index (χ2v) is 12.6.